The fraction of sp³-hybridized carbons (Fsp3) is 0.333. The molecule has 3 nitrogen and oxygen atoms in total. The lowest BCUT2D eigenvalue weighted by molar-refractivity contribution is 0.0695. The van der Waals surface area contributed by atoms with Crippen molar-refractivity contribution in [2.45, 2.75) is 18.8 Å². The summed E-state index contributed by atoms with van der Waals surface area (Å²) < 4.78 is 0.874. The number of hydrogen-bond donors (Lipinski definition) is 1. The minimum atomic E-state index is -0.868. The average Bonchev–Trinajstić information content (AvgIpc) is 2.87. The number of pyridine rings is 1. The van der Waals surface area contributed by atoms with E-state index in [2.05, 4.69) is 27.6 Å². The van der Waals surface area contributed by atoms with E-state index >= 15 is 0 Å². The van der Waals surface area contributed by atoms with Gasteiger partial charge in [0.1, 0.15) is 0 Å². The summed E-state index contributed by atoms with van der Waals surface area (Å²) >= 11 is 2.07. The first-order valence-corrected chi connectivity index (χ1v) is 5.15. The number of hydrogen-bond acceptors (Lipinski definition) is 2. The predicted molar refractivity (Wildman–Crippen MR) is 55.9 cm³/mol. The molecule has 0 amide bonds. The molecule has 0 unspecified atom stereocenters. The summed E-state index contributed by atoms with van der Waals surface area (Å²) in [6, 6.07) is 1.68. The second-order valence-corrected chi connectivity index (χ2v) is 4.41. The third kappa shape index (κ3) is 1.82. The van der Waals surface area contributed by atoms with Gasteiger partial charge in [-0.05, 0) is 41.5 Å². The Labute approximate surface area is 89.3 Å². The van der Waals surface area contributed by atoms with E-state index < -0.39 is 5.97 Å². The summed E-state index contributed by atoms with van der Waals surface area (Å²) in [4.78, 5) is 15.0. The van der Waals surface area contributed by atoms with E-state index in [9.17, 15) is 4.79 Å². The summed E-state index contributed by atoms with van der Waals surface area (Å²) in [5, 5.41) is 8.92. The largest absolute Gasteiger partial charge is 0.478 e. The summed E-state index contributed by atoms with van der Waals surface area (Å²) in [5.41, 5.74) is 1.13. The van der Waals surface area contributed by atoms with Gasteiger partial charge in [-0.1, -0.05) is 0 Å². The zero-order valence-electron chi connectivity index (χ0n) is 6.83. The molecule has 0 atom stereocenters. The van der Waals surface area contributed by atoms with Crippen molar-refractivity contribution in [3.63, 3.8) is 0 Å². The number of carboxylic acid groups (broad SMARTS) is 1. The molecule has 1 N–H and O–H groups in total. The summed E-state index contributed by atoms with van der Waals surface area (Å²) in [6.07, 6.45) is 3.88. The Morgan fingerprint density at radius 2 is 2.31 bits per heavy atom. The second kappa shape index (κ2) is 3.25. The van der Waals surface area contributed by atoms with Crippen molar-refractivity contribution in [3.05, 3.63) is 27.1 Å². The van der Waals surface area contributed by atoms with E-state index in [0.717, 1.165) is 22.1 Å². The van der Waals surface area contributed by atoms with Gasteiger partial charge in [-0.2, -0.15) is 0 Å². The lowest BCUT2D eigenvalue weighted by Gasteiger charge is -2.02. The maximum Gasteiger partial charge on any atom is 0.337 e. The van der Waals surface area contributed by atoms with Crippen LogP contribution in [0.1, 0.15) is 34.8 Å². The van der Waals surface area contributed by atoms with E-state index in [-0.39, 0.29) is 0 Å². The van der Waals surface area contributed by atoms with E-state index in [1.54, 1.807) is 12.3 Å². The molecule has 4 heteroatoms. The van der Waals surface area contributed by atoms with Gasteiger partial charge in [0, 0.05) is 15.7 Å². The summed E-state index contributed by atoms with van der Waals surface area (Å²) in [5.74, 6) is -0.476. The standard InChI is InChI=1S/C9H8INO2/c10-6-3-7(9(12)13)8(11-4-6)5-1-2-5/h3-5H,1-2H2,(H,12,13). The number of aromatic carboxylic acids is 1. The summed E-state index contributed by atoms with van der Waals surface area (Å²) in [7, 11) is 0. The van der Waals surface area contributed by atoms with Crippen LogP contribution in [0.5, 0.6) is 0 Å². The molecule has 0 aliphatic heterocycles. The van der Waals surface area contributed by atoms with Crippen molar-refractivity contribution in [1.82, 2.24) is 4.98 Å². The van der Waals surface area contributed by atoms with Gasteiger partial charge in [0.25, 0.3) is 0 Å². The predicted octanol–water partition coefficient (Wildman–Crippen LogP) is 2.26. The number of rotatable bonds is 2. The zero-order chi connectivity index (χ0) is 9.42. The van der Waals surface area contributed by atoms with Crippen LogP contribution in [-0.2, 0) is 0 Å². The number of carbonyl (C=O) groups is 1. The molecule has 13 heavy (non-hydrogen) atoms. The van der Waals surface area contributed by atoms with Crippen molar-refractivity contribution in [1.29, 1.82) is 0 Å². The molecule has 1 aromatic rings. The highest BCUT2D eigenvalue weighted by molar-refractivity contribution is 14.1. The molecule has 1 fully saturated rings. The zero-order valence-corrected chi connectivity index (χ0v) is 8.98. The minimum Gasteiger partial charge on any atom is -0.478 e. The molecule has 1 saturated carbocycles. The van der Waals surface area contributed by atoms with Crippen LogP contribution >= 0.6 is 22.6 Å². The highest BCUT2D eigenvalue weighted by atomic mass is 127. The van der Waals surface area contributed by atoms with Gasteiger partial charge < -0.3 is 5.11 Å². The Morgan fingerprint density at radius 3 is 2.85 bits per heavy atom. The first-order valence-electron chi connectivity index (χ1n) is 4.07. The Balaban J connectivity index is 2.47. The van der Waals surface area contributed by atoms with Crippen LogP contribution in [0.2, 0.25) is 0 Å². The SMILES string of the molecule is O=C(O)c1cc(I)cnc1C1CC1. The Morgan fingerprint density at radius 1 is 1.62 bits per heavy atom. The molecular formula is C9H8INO2. The van der Waals surface area contributed by atoms with Crippen molar-refractivity contribution in [3.8, 4) is 0 Å². The quantitative estimate of drug-likeness (QED) is 0.850. The van der Waals surface area contributed by atoms with Gasteiger partial charge in [0.15, 0.2) is 0 Å². The average molecular weight is 289 g/mol. The third-order valence-corrected chi connectivity index (χ3v) is 2.67. The lowest BCUT2D eigenvalue weighted by atomic mass is 10.1. The molecular weight excluding hydrogens is 281 g/mol. The Kier molecular flexibility index (Phi) is 2.23. The molecule has 1 aromatic heterocycles. The van der Waals surface area contributed by atoms with Gasteiger partial charge >= 0.3 is 5.97 Å². The van der Waals surface area contributed by atoms with Gasteiger partial charge in [0.2, 0.25) is 0 Å². The van der Waals surface area contributed by atoms with Crippen LogP contribution in [0.4, 0.5) is 0 Å². The Hall–Kier alpha value is -0.650. The van der Waals surface area contributed by atoms with Crippen molar-refractivity contribution >= 4 is 28.6 Å². The first-order chi connectivity index (χ1) is 6.18. The molecule has 1 heterocycles. The molecule has 0 spiro atoms. The minimum absolute atomic E-state index is 0.370. The number of carboxylic acids is 1. The van der Waals surface area contributed by atoms with Crippen LogP contribution in [0, 0.1) is 3.57 Å². The van der Waals surface area contributed by atoms with E-state index in [4.69, 9.17) is 5.11 Å². The molecule has 0 saturated heterocycles. The molecule has 1 aliphatic rings. The maximum atomic E-state index is 10.9. The molecule has 1 aliphatic carbocycles. The molecule has 0 aromatic carbocycles. The van der Waals surface area contributed by atoms with E-state index in [0.29, 0.717) is 11.5 Å². The van der Waals surface area contributed by atoms with Crippen LogP contribution in [-0.4, -0.2) is 16.1 Å². The highest BCUT2D eigenvalue weighted by Crippen LogP contribution is 2.40. The van der Waals surface area contributed by atoms with Gasteiger partial charge in [-0.15, -0.1) is 0 Å². The first kappa shape index (κ1) is 8.93. The monoisotopic (exact) mass is 289 g/mol. The number of aromatic nitrogens is 1. The third-order valence-electron chi connectivity index (χ3n) is 2.08. The molecule has 0 bridgehead atoms. The highest BCUT2D eigenvalue weighted by Gasteiger charge is 2.29. The van der Waals surface area contributed by atoms with Crippen LogP contribution in [0.3, 0.4) is 0 Å². The topological polar surface area (TPSA) is 50.2 Å². The summed E-state index contributed by atoms with van der Waals surface area (Å²) in [6.45, 7) is 0. The van der Waals surface area contributed by atoms with Crippen molar-refractivity contribution in [2.24, 2.45) is 0 Å². The number of halogens is 1. The maximum absolute atomic E-state index is 10.9. The van der Waals surface area contributed by atoms with Gasteiger partial charge in [-0.25, -0.2) is 4.79 Å². The van der Waals surface area contributed by atoms with Crippen LogP contribution < -0.4 is 0 Å². The smallest absolute Gasteiger partial charge is 0.337 e. The van der Waals surface area contributed by atoms with Gasteiger partial charge in [-0.3, -0.25) is 4.98 Å². The fourth-order valence-electron chi connectivity index (χ4n) is 1.30. The van der Waals surface area contributed by atoms with Crippen LogP contribution in [0.15, 0.2) is 12.3 Å². The normalized spacial score (nSPS) is 15.8. The molecule has 2 rings (SSSR count). The Bertz CT molecular complexity index is 361. The van der Waals surface area contributed by atoms with Crippen molar-refractivity contribution < 1.29 is 9.90 Å². The van der Waals surface area contributed by atoms with Gasteiger partial charge in [0.05, 0.1) is 11.3 Å². The molecule has 0 radical (unpaired) electrons. The fourth-order valence-corrected chi connectivity index (χ4v) is 1.75. The van der Waals surface area contributed by atoms with Crippen LogP contribution in [0.25, 0.3) is 0 Å². The second-order valence-electron chi connectivity index (χ2n) is 3.17. The van der Waals surface area contributed by atoms with E-state index in [1.807, 2.05) is 0 Å². The lowest BCUT2D eigenvalue weighted by Crippen LogP contribution is -2.04. The van der Waals surface area contributed by atoms with Crippen molar-refractivity contribution in [2.75, 3.05) is 0 Å². The number of nitrogens with zero attached hydrogens (tertiary/aromatic N) is 1. The van der Waals surface area contributed by atoms with E-state index in [1.165, 1.54) is 0 Å². The molecule has 68 valence electrons.